The first-order valence-corrected chi connectivity index (χ1v) is 16.1. The van der Waals surface area contributed by atoms with E-state index in [0.29, 0.717) is 0 Å². The summed E-state index contributed by atoms with van der Waals surface area (Å²) in [6, 6.07) is 25.2. The number of para-hydroxylation sites is 1. The van der Waals surface area contributed by atoms with Crippen LogP contribution in [0.2, 0.25) is 0 Å². The first-order valence-electron chi connectivity index (χ1n) is 13.6. The Hall–Kier alpha value is -3.83. The van der Waals surface area contributed by atoms with E-state index < -0.39 is 5.97 Å². The molecule has 0 aliphatic carbocycles. The number of thiophene rings is 2. The van der Waals surface area contributed by atoms with Gasteiger partial charge in [-0.2, -0.15) is 5.26 Å². The van der Waals surface area contributed by atoms with E-state index in [2.05, 4.69) is 84.6 Å². The number of unbranched alkanes of at least 4 members (excludes halogenated alkanes) is 3. The van der Waals surface area contributed by atoms with E-state index in [9.17, 15) is 4.79 Å². The molecule has 1 aliphatic heterocycles. The van der Waals surface area contributed by atoms with Gasteiger partial charge in [-0.25, -0.2) is 4.79 Å². The molecule has 5 rings (SSSR count). The molecule has 1 aliphatic rings. The Morgan fingerprint density at radius 3 is 2.20 bits per heavy atom. The monoisotopic (exact) mass is 594 g/mol. The van der Waals surface area contributed by atoms with Gasteiger partial charge in [0.15, 0.2) is 0 Å². The highest BCUT2D eigenvalue weighted by Crippen LogP contribution is 2.48. The average Bonchev–Trinajstić information content (AvgIpc) is 3.64. The molecule has 4 nitrogen and oxygen atoms in total. The minimum atomic E-state index is -1.21. The van der Waals surface area contributed by atoms with Gasteiger partial charge in [-0.05, 0) is 84.8 Å². The lowest BCUT2D eigenvalue weighted by molar-refractivity contribution is -0.132. The Balaban J connectivity index is 1.27. The molecular formula is C34H30N2O2S3. The summed E-state index contributed by atoms with van der Waals surface area (Å²) in [6.45, 7) is 3.29. The molecule has 0 fully saturated rings. The number of hydrogen-bond acceptors (Lipinski definition) is 6. The van der Waals surface area contributed by atoms with Gasteiger partial charge in [-0.1, -0.05) is 62.2 Å². The summed E-state index contributed by atoms with van der Waals surface area (Å²) in [5, 5.41) is 18.0. The van der Waals surface area contributed by atoms with E-state index in [0.717, 1.165) is 21.2 Å². The van der Waals surface area contributed by atoms with E-state index in [1.165, 1.54) is 74.7 Å². The van der Waals surface area contributed by atoms with E-state index in [1.807, 2.05) is 30.0 Å². The second-order valence-electron chi connectivity index (χ2n) is 9.63. The van der Waals surface area contributed by atoms with Crippen molar-refractivity contribution in [1.82, 2.24) is 0 Å². The summed E-state index contributed by atoms with van der Waals surface area (Å²) in [7, 11) is 0. The topological polar surface area (TPSA) is 64.3 Å². The van der Waals surface area contributed by atoms with Crippen molar-refractivity contribution < 1.29 is 9.90 Å². The van der Waals surface area contributed by atoms with Crippen LogP contribution in [0.15, 0.2) is 82.1 Å². The highest BCUT2D eigenvalue weighted by molar-refractivity contribution is 7.99. The summed E-state index contributed by atoms with van der Waals surface area (Å²) in [5.74, 6) is -1.21. The Kier molecular flexibility index (Phi) is 9.58. The molecule has 0 radical (unpaired) electrons. The molecule has 0 unspecified atom stereocenters. The maximum atomic E-state index is 11.1. The first kappa shape index (κ1) is 28.7. The molecule has 4 aromatic rings. The van der Waals surface area contributed by atoms with Crippen molar-refractivity contribution >= 4 is 82.2 Å². The molecule has 0 atom stereocenters. The zero-order valence-corrected chi connectivity index (χ0v) is 25.2. The SMILES string of the molecule is CCCCCCN1c2ccccc2Sc2cc(/C=C/c3ccc(/C=C/c4ccc(/C=C(\C#N)C(=O)O)s4)s3)ccc21. The van der Waals surface area contributed by atoms with Gasteiger partial charge >= 0.3 is 5.97 Å². The molecule has 3 heterocycles. The highest BCUT2D eigenvalue weighted by atomic mass is 32.2. The number of hydrogen-bond donors (Lipinski definition) is 1. The summed E-state index contributed by atoms with van der Waals surface area (Å²) < 4.78 is 0. The van der Waals surface area contributed by atoms with Crippen molar-refractivity contribution in [3.05, 3.63) is 97.4 Å². The van der Waals surface area contributed by atoms with Crippen LogP contribution in [-0.2, 0) is 4.79 Å². The van der Waals surface area contributed by atoms with Crippen molar-refractivity contribution in [1.29, 1.82) is 5.26 Å². The summed E-state index contributed by atoms with van der Waals surface area (Å²) in [6.07, 6.45) is 14.8. The number of aliphatic carboxylic acids is 1. The summed E-state index contributed by atoms with van der Waals surface area (Å²) >= 11 is 5.01. The molecule has 0 spiro atoms. The first-order chi connectivity index (χ1) is 20.0. The van der Waals surface area contributed by atoms with Crippen molar-refractivity contribution in [3.8, 4) is 6.07 Å². The number of nitriles is 1. The number of carbonyl (C=O) groups is 1. The number of benzene rings is 2. The van der Waals surface area contributed by atoms with Crippen LogP contribution in [0.5, 0.6) is 0 Å². The van der Waals surface area contributed by atoms with Crippen LogP contribution in [0.3, 0.4) is 0 Å². The molecule has 41 heavy (non-hydrogen) atoms. The number of fused-ring (bicyclic) bond motifs is 2. The molecule has 7 heteroatoms. The Bertz CT molecular complexity index is 1670. The molecular weight excluding hydrogens is 565 g/mol. The largest absolute Gasteiger partial charge is 0.477 e. The second kappa shape index (κ2) is 13.7. The Morgan fingerprint density at radius 1 is 0.829 bits per heavy atom. The zero-order chi connectivity index (χ0) is 28.6. The van der Waals surface area contributed by atoms with Crippen molar-refractivity contribution in [3.63, 3.8) is 0 Å². The van der Waals surface area contributed by atoms with E-state index in [1.54, 1.807) is 17.4 Å². The van der Waals surface area contributed by atoms with E-state index >= 15 is 0 Å². The van der Waals surface area contributed by atoms with Gasteiger partial charge in [0.1, 0.15) is 11.6 Å². The van der Waals surface area contributed by atoms with Crippen LogP contribution in [0.25, 0.3) is 30.4 Å². The normalized spacial score (nSPS) is 13.0. The maximum Gasteiger partial charge on any atom is 0.346 e. The third kappa shape index (κ3) is 7.28. The van der Waals surface area contributed by atoms with Crippen molar-refractivity contribution in [2.24, 2.45) is 0 Å². The second-order valence-corrected chi connectivity index (χ2v) is 13.0. The minimum Gasteiger partial charge on any atom is -0.477 e. The fourth-order valence-electron chi connectivity index (χ4n) is 4.60. The molecule has 2 aromatic carbocycles. The summed E-state index contributed by atoms with van der Waals surface area (Å²) in [5.41, 5.74) is 3.53. The number of anilines is 2. The lowest BCUT2D eigenvalue weighted by atomic mass is 10.1. The van der Waals surface area contributed by atoms with Crippen LogP contribution < -0.4 is 4.90 Å². The molecule has 0 amide bonds. The van der Waals surface area contributed by atoms with E-state index in [4.69, 9.17) is 10.4 Å². The van der Waals surface area contributed by atoms with Gasteiger partial charge in [0.05, 0.1) is 11.4 Å². The van der Waals surface area contributed by atoms with E-state index in [-0.39, 0.29) is 5.57 Å². The highest BCUT2D eigenvalue weighted by Gasteiger charge is 2.22. The lowest BCUT2D eigenvalue weighted by Crippen LogP contribution is -2.22. The average molecular weight is 595 g/mol. The fourth-order valence-corrected chi connectivity index (χ4v) is 7.42. The molecule has 0 saturated heterocycles. The third-order valence-corrected chi connectivity index (χ3v) is 9.80. The molecule has 0 bridgehead atoms. The zero-order valence-electron chi connectivity index (χ0n) is 22.7. The predicted molar refractivity (Wildman–Crippen MR) is 176 cm³/mol. The lowest BCUT2D eigenvalue weighted by Gasteiger charge is -2.33. The van der Waals surface area contributed by atoms with Crippen LogP contribution in [0.4, 0.5) is 11.4 Å². The predicted octanol–water partition coefficient (Wildman–Crippen LogP) is 10.3. The number of nitrogens with zero attached hydrogens (tertiary/aromatic N) is 2. The third-order valence-electron chi connectivity index (χ3n) is 6.67. The van der Waals surface area contributed by atoms with Crippen molar-refractivity contribution in [2.45, 2.75) is 42.4 Å². The van der Waals surface area contributed by atoms with Crippen molar-refractivity contribution in [2.75, 3.05) is 11.4 Å². The number of carboxylic acids is 1. The standard InChI is InChI=1S/C34H30N2O2S3/c1-2-3-4-7-20-36-30-8-5-6-9-32(30)41-33-21-24(11-19-31(33)36)10-12-26-13-14-27(39-26)15-16-28-17-18-29(40-28)22-25(23-35)34(37)38/h5-6,8-19,21-22H,2-4,7,20H2,1H3,(H,37,38)/b12-10+,16-15+,25-22+. The fraction of sp³-hybridized carbons (Fsp3) is 0.176. The molecule has 206 valence electrons. The number of carboxylic acid groups (broad SMARTS) is 1. The summed E-state index contributed by atoms with van der Waals surface area (Å²) in [4.78, 5) is 20.2. The molecule has 0 saturated carbocycles. The van der Waals surface area contributed by atoms with Gasteiger partial charge < -0.3 is 10.0 Å². The van der Waals surface area contributed by atoms with Gasteiger partial charge in [0.25, 0.3) is 0 Å². The molecule has 1 N–H and O–H groups in total. The van der Waals surface area contributed by atoms with Crippen LogP contribution in [0, 0.1) is 11.3 Å². The Labute approximate surface area is 253 Å². The molecule has 2 aromatic heterocycles. The van der Waals surface area contributed by atoms with Crippen LogP contribution >= 0.6 is 34.4 Å². The van der Waals surface area contributed by atoms with Crippen LogP contribution in [0.1, 0.15) is 57.7 Å². The van der Waals surface area contributed by atoms with Gasteiger partial charge in [0, 0.05) is 35.8 Å². The van der Waals surface area contributed by atoms with Gasteiger partial charge in [-0.3, -0.25) is 0 Å². The van der Waals surface area contributed by atoms with Crippen LogP contribution in [-0.4, -0.2) is 17.6 Å². The van der Waals surface area contributed by atoms with Gasteiger partial charge in [-0.15, -0.1) is 22.7 Å². The number of rotatable bonds is 11. The quantitative estimate of drug-likeness (QED) is 0.106. The maximum absolute atomic E-state index is 11.1. The Morgan fingerprint density at radius 2 is 1.49 bits per heavy atom. The minimum absolute atomic E-state index is 0.265. The smallest absolute Gasteiger partial charge is 0.346 e. The van der Waals surface area contributed by atoms with Gasteiger partial charge in [0.2, 0.25) is 0 Å².